The number of hydrogen-bond donors (Lipinski definition) is 1. The first kappa shape index (κ1) is 16.7. The average Bonchev–Trinajstić information content (AvgIpc) is 3.23. The molecule has 1 aromatic heterocycles. The van der Waals surface area contributed by atoms with Crippen LogP contribution in [0, 0.1) is 0 Å². The third kappa shape index (κ3) is 4.43. The molecule has 1 saturated carbocycles. The number of halogens is 1. The molecule has 2 aromatic rings. The van der Waals surface area contributed by atoms with E-state index in [-0.39, 0.29) is 11.3 Å². The van der Waals surface area contributed by atoms with Gasteiger partial charge in [0.2, 0.25) is 5.91 Å². The molecular weight excluding hydrogens is 372 g/mol. The lowest BCUT2D eigenvalue weighted by Gasteiger charge is -2.19. The molecule has 1 heterocycles. The summed E-state index contributed by atoms with van der Waals surface area (Å²) in [5.74, 6) is 0.102. The van der Waals surface area contributed by atoms with Crippen molar-refractivity contribution in [3.8, 4) is 0 Å². The Hall–Kier alpha value is -1.17. The molecule has 1 N–H and O–H groups in total. The molecule has 5 heteroatoms. The third-order valence-corrected chi connectivity index (χ3v) is 5.94. The van der Waals surface area contributed by atoms with Crippen molar-refractivity contribution in [2.24, 2.45) is 0 Å². The van der Waals surface area contributed by atoms with Crippen LogP contribution in [0.25, 0.3) is 0 Å². The van der Waals surface area contributed by atoms with Crippen molar-refractivity contribution in [3.63, 3.8) is 0 Å². The largest absolute Gasteiger partial charge is 0.354 e. The van der Waals surface area contributed by atoms with Gasteiger partial charge in [-0.2, -0.15) is 0 Å². The fourth-order valence-electron chi connectivity index (χ4n) is 2.84. The zero-order valence-electron chi connectivity index (χ0n) is 13.2. The number of hydrogen-bond acceptors (Lipinski definition) is 3. The number of benzene rings is 1. The second-order valence-electron chi connectivity index (χ2n) is 6.30. The van der Waals surface area contributed by atoms with Gasteiger partial charge in [-0.25, -0.2) is 0 Å². The van der Waals surface area contributed by atoms with Crippen molar-refractivity contribution in [3.05, 3.63) is 56.7 Å². The van der Waals surface area contributed by atoms with E-state index in [1.807, 2.05) is 19.2 Å². The van der Waals surface area contributed by atoms with Gasteiger partial charge in [-0.3, -0.25) is 9.69 Å². The maximum Gasteiger partial charge on any atom is 0.234 e. The molecule has 1 aliphatic rings. The average molecular weight is 393 g/mol. The smallest absolute Gasteiger partial charge is 0.234 e. The Morgan fingerprint density at radius 2 is 2.00 bits per heavy atom. The molecule has 3 rings (SSSR count). The summed E-state index contributed by atoms with van der Waals surface area (Å²) in [7, 11) is 1.98. The number of rotatable bonds is 7. The molecule has 3 nitrogen and oxygen atoms in total. The number of carbonyl (C=O) groups excluding carboxylic acids is 1. The van der Waals surface area contributed by atoms with Crippen molar-refractivity contribution >= 4 is 33.2 Å². The number of thiophene rings is 1. The lowest BCUT2D eigenvalue weighted by atomic mass is 9.96. The fraction of sp³-hybridized carbons (Fsp3) is 0.389. The van der Waals surface area contributed by atoms with Gasteiger partial charge in [-0.15, -0.1) is 11.3 Å². The van der Waals surface area contributed by atoms with E-state index in [1.165, 1.54) is 10.4 Å². The monoisotopic (exact) mass is 392 g/mol. The first-order chi connectivity index (χ1) is 11.1. The van der Waals surface area contributed by atoms with Crippen LogP contribution in [0.5, 0.6) is 0 Å². The molecule has 0 unspecified atom stereocenters. The normalized spacial score (nSPS) is 15.6. The van der Waals surface area contributed by atoms with E-state index in [2.05, 4.69) is 56.5 Å². The molecule has 1 fully saturated rings. The summed E-state index contributed by atoms with van der Waals surface area (Å²) in [5, 5.41) is 3.12. The van der Waals surface area contributed by atoms with Crippen LogP contribution >= 0.6 is 27.3 Å². The minimum Gasteiger partial charge on any atom is -0.354 e. The minimum absolute atomic E-state index is 0.102. The summed E-state index contributed by atoms with van der Waals surface area (Å²) in [6, 6.07) is 14.7. The summed E-state index contributed by atoms with van der Waals surface area (Å²) in [6.45, 7) is 1.97. The third-order valence-electron chi connectivity index (χ3n) is 4.33. The molecule has 0 atom stereocenters. The van der Waals surface area contributed by atoms with E-state index < -0.39 is 0 Å². The summed E-state index contributed by atoms with van der Waals surface area (Å²) < 4.78 is 1.13. The highest BCUT2D eigenvalue weighted by Gasteiger charge is 2.44. The number of nitrogens with one attached hydrogen (secondary N) is 1. The van der Waals surface area contributed by atoms with Crippen LogP contribution < -0.4 is 5.32 Å². The Balaban J connectivity index is 1.46. The van der Waals surface area contributed by atoms with Gasteiger partial charge in [-0.1, -0.05) is 30.3 Å². The van der Waals surface area contributed by atoms with Gasteiger partial charge >= 0.3 is 0 Å². The molecule has 122 valence electrons. The molecule has 0 spiro atoms. The molecule has 0 bridgehead atoms. The Bertz CT molecular complexity index is 667. The lowest BCUT2D eigenvalue weighted by Crippen LogP contribution is -2.38. The predicted molar refractivity (Wildman–Crippen MR) is 98.7 cm³/mol. The first-order valence-electron chi connectivity index (χ1n) is 7.82. The SMILES string of the molecule is CN(CC(=O)NCC1(c2ccccc2)CC1)Cc1ccc(Br)s1. The van der Waals surface area contributed by atoms with E-state index >= 15 is 0 Å². The Morgan fingerprint density at radius 1 is 1.26 bits per heavy atom. The second-order valence-corrected chi connectivity index (χ2v) is 8.85. The van der Waals surface area contributed by atoms with Gasteiger partial charge in [0.05, 0.1) is 10.3 Å². The van der Waals surface area contributed by atoms with E-state index in [4.69, 9.17) is 0 Å². The quantitative estimate of drug-likeness (QED) is 0.776. The van der Waals surface area contributed by atoms with E-state index in [9.17, 15) is 4.79 Å². The van der Waals surface area contributed by atoms with E-state index in [0.29, 0.717) is 6.54 Å². The second kappa shape index (κ2) is 7.16. The van der Waals surface area contributed by atoms with Crippen molar-refractivity contribution < 1.29 is 4.79 Å². The van der Waals surface area contributed by atoms with Crippen molar-refractivity contribution in [1.82, 2.24) is 10.2 Å². The minimum atomic E-state index is 0.102. The molecule has 1 amide bonds. The van der Waals surface area contributed by atoms with Crippen LogP contribution in [-0.4, -0.2) is 30.9 Å². The summed E-state index contributed by atoms with van der Waals surface area (Å²) in [6.07, 6.45) is 2.33. The van der Waals surface area contributed by atoms with Gasteiger partial charge in [0.1, 0.15) is 0 Å². The van der Waals surface area contributed by atoms with Crippen LogP contribution in [0.4, 0.5) is 0 Å². The van der Waals surface area contributed by atoms with Gasteiger partial charge < -0.3 is 5.32 Å². The first-order valence-corrected chi connectivity index (χ1v) is 9.43. The Morgan fingerprint density at radius 3 is 2.61 bits per heavy atom. The topological polar surface area (TPSA) is 32.3 Å². The van der Waals surface area contributed by atoms with Crippen molar-refractivity contribution in [1.29, 1.82) is 0 Å². The van der Waals surface area contributed by atoms with Crippen LogP contribution in [0.1, 0.15) is 23.3 Å². The van der Waals surface area contributed by atoms with E-state index in [1.54, 1.807) is 11.3 Å². The highest BCUT2D eigenvalue weighted by molar-refractivity contribution is 9.11. The fourth-order valence-corrected chi connectivity index (χ4v) is 4.40. The number of nitrogens with zero attached hydrogens (tertiary/aromatic N) is 1. The highest BCUT2D eigenvalue weighted by Crippen LogP contribution is 2.47. The molecule has 0 saturated heterocycles. The Labute approximate surface area is 149 Å². The van der Waals surface area contributed by atoms with Crippen molar-refractivity contribution in [2.45, 2.75) is 24.8 Å². The van der Waals surface area contributed by atoms with Crippen LogP contribution in [0.3, 0.4) is 0 Å². The molecular formula is C18H21BrN2OS. The van der Waals surface area contributed by atoms with Crippen LogP contribution in [0.2, 0.25) is 0 Å². The summed E-state index contributed by atoms with van der Waals surface area (Å²) >= 11 is 5.18. The zero-order chi connectivity index (χ0) is 16.3. The maximum absolute atomic E-state index is 12.2. The molecule has 0 radical (unpaired) electrons. The summed E-state index contributed by atoms with van der Waals surface area (Å²) in [4.78, 5) is 15.5. The van der Waals surface area contributed by atoms with Crippen LogP contribution in [-0.2, 0) is 16.8 Å². The predicted octanol–water partition coefficient (Wildman–Crippen LogP) is 3.79. The lowest BCUT2D eigenvalue weighted by molar-refractivity contribution is -0.122. The highest BCUT2D eigenvalue weighted by atomic mass is 79.9. The van der Waals surface area contributed by atoms with Gasteiger partial charge in [0.15, 0.2) is 0 Å². The van der Waals surface area contributed by atoms with Crippen LogP contribution in [0.15, 0.2) is 46.3 Å². The molecule has 23 heavy (non-hydrogen) atoms. The molecule has 1 aliphatic carbocycles. The van der Waals surface area contributed by atoms with E-state index in [0.717, 1.165) is 29.7 Å². The standard InChI is InChI=1S/C18H21BrN2OS/c1-21(11-15-7-8-16(19)23-15)12-17(22)20-13-18(9-10-18)14-5-3-2-4-6-14/h2-8H,9-13H2,1H3,(H,20,22). The molecule has 0 aliphatic heterocycles. The van der Waals surface area contributed by atoms with Gasteiger partial charge in [0, 0.05) is 23.4 Å². The van der Waals surface area contributed by atoms with Crippen molar-refractivity contribution in [2.75, 3.05) is 20.1 Å². The van der Waals surface area contributed by atoms with Gasteiger partial charge in [0.25, 0.3) is 0 Å². The molecule has 1 aromatic carbocycles. The summed E-state index contributed by atoms with van der Waals surface area (Å²) in [5.41, 5.74) is 1.52. The number of carbonyl (C=O) groups is 1. The van der Waals surface area contributed by atoms with Gasteiger partial charge in [-0.05, 0) is 53.5 Å². The maximum atomic E-state index is 12.2. The Kier molecular flexibility index (Phi) is 5.19. The number of likely N-dealkylation sites (N-methyl/N-ethyl adjacent to an activating group) is 1. The zero-order valence-corrected chi connectivity index (χ0v) is 15.6. The number of amides is 1.